The minimum atomic E-state index is -0.528. The van der Waals surface area contributed by atoms with Crippen LogP contribution in [0.1, 0.15) is 22.8 Å². The Bertz CT molecular complexity index is 590. The van der Waals surface area contributed by atoms with Crippen molar-refractivity contribution >= 4 is 11.8 Å². The number of nitrogens with one attached hydrogen (secondary N) is 1. The van der Waals surface area contributed by atoms with Crippen molar-refractivity contribution in [3.63, 3.8) is 0 Å². The van der Waals surface area contributed by atoms with Crippen LogP contribution in [0.5, 0.6) is 0 Å². The lowest BCUT2D eigenvalue weighted by Crippen LogP contribution is -2.38. The highest BCUT2D eigenvalue weighted by atomic mass is 19.1. The second kappa shape index (κ2) is 8.02. The number of hydrogen-bond acceptors (Lipinski definition) is 3. The van der Waals surface area contributed by atoms with Gasteiger partial charge in [0.2, 0.25) is 5.91 Å². The molecule has 0 fully saturated rings. The first-order valence-corrected chi connectivity index (χ1v) is 6.41. The van der Waals surface area contributed by atoms with Crippen molar-refractivity contribution in [2.24, 2.45) is 0 Å². The van der Waals surface area contributed by atoms with Gasteiger partial charge in [-0.3, -0.25) is 9.59 Å². The van der Waals surface area contributed by atoms with Gasteiger partial charge in [-0.25, -0.2) is 4.39 Å². The molecule has 21 heavy (non-hydrogen) atoms. The van der Waals surface area contributed by atoms with E-state index in [1.165, 1.54) is 18.0 Å². The molecule has 1 aromatic rings. The van der Waals surface area contributed by atoms with E-state index in [2.05, 4.69) is 17.2 Å². The van der Waals surface area contributed by atoms with Gasteiger partial charge in [0.1, 0.15) is 12.4 Å². The van der Waals surface area contributed by atoms with E-state index < -0.39 is 11.7 Å². The summed E-state index contributed by atoms with van der Waals surface area (Å²) in [4.78, 5) is 25.0. The molecule has 0 saturated heterocycles. The van der Waals surface area contributed by atoms with Crippen molar-refractivity contribution in [2.75, 3.05) is 26.7 Å². The largest absolute Gasteiger partial charge is 0.384 e. The third kappa shape index (κ3) is 4.89. The van der Waals surface area contributed by atoms with Crippen LogP contribution in [0.15, 0.2) is 18.2 Å². The number of nitrogens with zero attached hydrogens (tertiary/aromatic N) is 1. The molecule has 112 valence electrons. The van der Waals surface area contributed by atoms with Gasteiger partial charge in [-0.2, -0.15) is 0 Å². The Balaban J connectivity index is 2.98. The predicted octanol–water partition coefficient (Wildman–Crippen LogP) is 0.378. The molecule has 5 nitrogen and oxygen atoms in total. The van der Waals surface area contributed by atoms with Crippen molar-refractivity contribution in [3.8, 4) is 11.8 Å². The summed E-state index contributed by atoms with van der Waals surface area (Å²) < 4.78 is 13.2. The first-order valence-electron chi connectivity index (χ1n) is 6.41. The first kappa shape index (κ1) is 16.7. The number of aliphatic hydroxyl groups is 1. The molecular formula is C15H17FN2O3. The van der Waals surface area contributed by atoms with E-state index in [1.54, 1.807) is 6.92 Å². The third-order valence-electron chi connectivity index (χ3n) is 2.62. The third-order valence-corrected chi connectivity index (χ3v) is 2.62. The van der Waals surface area contributed by atoms with Gasteiger partial charge < -0.3 is 15.3 Å². The second-order valence-electron chi connectivity index (χ2n) is 4.26. The molecule has 0 unspecified atom stereocenters. The van der Waals surface area contributed by atoms with Crippen molar-refractivity contribution in [2.45, 2.75) is 6.92 Å². The highest BCUT2D eigenvalue weighted by Crippen LogP contribution is 2.12. The lowest BCUT2D eigenvalue weighted by molar-refractivity contribution is -0.121. The zero-order chi connectivity index (χ0) is 15.8. The summed E-state index contributed by atoms with van der Waals surface area (Å²) in [7, 11) is 1.48. The second-order valence-corrected chi connectivity index (χ2v) is 4.26. The van der Waals surface area contributed by atoms with E-state index in [4.69, 9.17) is 5.11 Å². The molecule has 2 N–H and O–H groups in total. The van der Waals surface area contributed by atoms with Crippen LogP contribution < -0.4 is 5.32 Å². The van der Waals surface area contributed by atoms with Gasteiger partial charge in [0, 0.05) is 19.2 Å². The summed E-state index contributed by atoms with van der Waals surface area (Å²) >= 11 is 0. The van der Waals surface area contributed by atoms with Crippen LogP contribution in [0, 0.1) is 17.7 Å². The molecule has 0 aliphatic heterocycles. The van der Waals surface area contributed by atoms with Gasteiger partial charge in [-0.1, -0.05) is 11.8 Å². The van der Waals surface area contributed by atoms with Gasteiger partial charge in [0.25, 0.3) is 5.91 Å². The number of halogens is 1. The topological polar surface area (TPSA) is 69.6 Å². The Hall–Kier alpha value is -2.39. The number of hydrogen-bond donors (Lipinski definition) is 2. The van der Waals surface area contributed by atoms with E-state index in [0.717, 1.165) is 12.1 Å². The van der Waals surface area contributed by atoms with Gasteiger partial charge in [0.15, 0.2) is 0 Å². The maximum absolute atomic E-state index is 13.2. The summed E-state index contributed by atoms with van der Waals surface area (Å²) in [6.45, 7) is 1.77. The molecule has 2 amide bonds. The molecule has 1 aromatic carbocycles. The van der Waals surface area contributed by atoms with Gasteiger partial charge >= 0.3 is 0 Å². The lowest BCUT2D eigenvalue weighted by atomic mass is 10.1. The number of benzene rings is 1. The quantitative estimate of drug-likeness (QED) is 0.788. The Kier molecular flexibility index (Phi) is 6.37. The minimum absolute atomic E-state index is 0.100. The highest BCUT2D eigenvalue weighted by Gasteiger charge is 2.17. The summed E-state index contributed by atoms with van der Waals surface area (Å²) in [5.74, 6) is 3.66. The Morgan fingerprint density at radius 2 is 2.14 bits per heavy atom. The number of rotatable bonds is 4. The van der Waals surface area contributed by atoms with Crippen LogP contribution in [-0.2, 0) is 4.79 Å². The monoisotopic (exact) mass is 292 g/mol. The van der Waals surface area contributed by atoms with Gasteiger partial charge in [-0.15, -0.1) is 0 Å². The summed E-state index contributed by atoms with van der Waals surface area (Å²) in [5, 5.41) is 11.3. The van der Waals surface area contributed by atoms with Crippen LogP contribution in [0.25, 0.3) is 0 Å². The van der Waals surface area contributed by atoms with E-state index in [9.17, 15) is 14.0 Å². The predicted molar refractivity (Wildman–Crippen MR) is 76.0 cm³/mol. The Morgan fingerprint density at radius 1 is 1.43 bits per heavy atom. The molecule has 0 aliphatic carbocycles. The van der Waals surface area contributed by atoms with Crippen LogP contribution in [0.3, 0.4) is 0 Å². The van der Waals surface area contributed by atoms with Crippen LogP contribution >= 0.6 is 0 Å². The molecule has 0 atom stereocenters. The number of carbonyl (C=O) groups is 2. The molecule has 0 radical (unpaired) electrons. The van der Waals surface area contributed by atoms with Crippen molar-refractivity contribution < 1.29 is 19.1 Å². The number of aliphatic hydroxyl groups excluding tert-OH is 1. The normalized spacial score (nSPS) is 9.52. The van der Waals surface area contributed by atoms with Crippen molar-refractivity contribution in [1.82, 2.24) is 10.2 Å². The molecule has 6 heteroatoms. The van der Waals surface area contributed by atoms with Crippen LogP contribution in [-0.4, -0.2) is 48.6 Å². The smallest absolute Gasteiger partial charge is 0.255 e. The van der Waals surface area contributed by atoms with Crippen LogP contribution in [0.4, 0.5) is 4.39 Å². The van der Waals surface area contributed by atoms with Crippen LogP contribution in [0.2, 0.25) is 0 Å². The van der Waals surface area contributed by atoms with Crippen molar-refractivity contribution in [3.05, 3.63) is 35.1 Å². The SMILES string of the molecule is CCNC(=O)CN(C)C(=O)c1ccc(F)cc1C#CCO. The Labute approximate surface area is 122 Å². The molecule has 0 heterocycles. The summed E-state index contributed by atoms with van der Waals surface area (Å²) in [6.07, 6.45) is 0. The minimum Gasteiger partial charge on any atom is -0.384 e. The van der Waals surface area contributed by atoms with E-state index in [0.29, 0.717) is 6.54 Å². The summed E-state index contributed by atoms with van der Waals surface area (Å²) in [6, 6.07) is 3.58. The maximum Gasteiger partial charge on any atom is 0.255 e. The summed E-state index contributed by atoms with van der Waals surface area (Å²) in [5.41, 5.74) is 0.362. The fourth-order valence-corrected chi connectivity index (χ4v) is 1.69. The average molecular weight is 292 g/mol. The number of carbonyl (C=O) groups excluding carboxylic acids is 2. The standard InChI is InChI=1S/C15H17FN2O3/c1-3-17-14(20)10-18(2)15(21)13-7-6-12(16)9-11(13)5-4-8-19/h6-7,9,19H,3,8,10H2,1-2H3,(H,17,20). The molecule has 0 spiro atoms. The van der Waals surface area contributed by atoms with Gasteiger partial charge in [0.05, 0.1) is 12.1 Å². The zero-order valence-corrected chi connectivity index (χ0v) is 11.9. The van der Waals surface area contributed by atoms with Gasteiger partial charge in [-0.05, 0) is 25.1 Å². The first-order chi connectivity index (χ1) is 9.99. The molecule has 1 rings (SSSR count). The fourth-order valence-electron chi connectivity index (χ4n) is 1.69. The molecule has 0 saturated carbocycles. The molecule has 0 aliphatic rings. The number of amides is 2. The van der Waals surface area contributed by atoms with E-state index >= 15 is 0 Å². The molecule has 0 bridgehead atoms. The number of likely N-dealkylation sites (N-methyl/N-ethyl adjacent to an activating group) is 2. The maximum atomic E-state index is 13.2. The van der Waals surface area contributed by atoms with Crippen molar-refractivity contribution in [1.29, 1.82) is 0 Å². The van der Waals surface area contributed by atoms with E-state index in [-0.39, 0.29) is 30.2 Å². The Morgan fingerprint density at radius 3 is 2.76 bits per heavy atom. The zero-order valence-electron chi connectivity index (χ0n) is 11.9. The van der Waals surface area contributed by atoms with E-state index in [1.807, 2.05) is 0 Å². The molecule has 0 aromatic heterocycles. The lowest BCUT2D eigenvalue weighted by Gasteiger charge is -2.17. The highest BCUT2D eigenvalue weighted by molar-refractivity contribution is 5.98. The fraction of sp³-hybridized carbons (Fsp3) is 0.333. The molecular weight excluding hydrogens is 275 g/mol. The average Bonchev–Trinajstić information content (AvgIpc) is 2.44.